The van der Waals surface area contributed by atoms with E-state index in [1.54, 1.807) is 11.0 Å². The highest BCUT2D eigenvalue weighted by Gasteiger charge is 2.29. The Labute approximate surface area is 196 Å². The van der Waals surface area contributed by atoms with Crippen LogP contribution in [0.2, 0.25) is 0 Å². The molecule has 1 saturated heterocycles. The van der Waals surface area contributed by atoms with Crippen LogP contribution in [0.1, 0.15) is 23.6 Å². The zero-order chi connectivity index (χ0) is 23.1. The smallest absolute Gasteiger partial charge is 0.312 e. The van der Waals surface area contributed by atoms with Gasteiger partial charge in [0.05, 0.1) is 12.5 Å². The Hall–Kier alpha value is -2.69. The molecule has 0 aliphatic carbocycles. The molecule has 0 saturated carbocycles. The fraction of sp³-hybridized carbons (Fsp3) is 0.273. The fourth-order valence-electron chi connectivity index (χ4n) is 3.46. The van der Waals surface area contributed by atoms with Gasteiger partial charge in [-0.15, -0.1) is 0 Å². The maximum absolute atomic E-state index is 12.9. The summed E-state index contributed by atoms with van der Waals surface area (Å²) in [4.78, 5) is 25.9. The van der Waals surface area contributed by atoms with Crippen molar-refractivity contribution in [2.75, 3.05) is 26.2 Å². The molecule has 10 heteroatoms. The normalized spacial score (nSPS) is 16.1. The van der Waals surface area contributed by atoms with E-state index >= 15 is 0 Å². The Morgan fingerprint density at radius 1 is 1.06 bits per heavy atom. The van der Waals surface area contributed by atoms with Crippen molar-refractivity contribution in [1.29, 1.82) is 0 Å². The number of nitrogens with zero attached hydrogens (tertiary/aromatic N) is 2. The highest BCUT2D eigenvalue weighted by Crippen LogP contribution is 2.22. The number of carbonyl (C=O) groups is 2. The van der Waals surface area contributed by atoms with Gasteiger partial charge in [-0.05, 0) is 29.3 Å². The number of rotatable bonds is 7. The number of hydrogen-bond acceptors (Lipinski definition) is 4. The molecule has 3 rings (SSSR count). The van der Waals surface area contributed by atoms with Gasteiger partial charge in [0, 0.05) is 36.1 Å². The van der Waals surface area contributed by atoms with Crippen molar-refractivity contribution in [3.8, 4) is 0 Å². The molecule has 1 fully saturated rings. The molecular formula is C22H25BrN4O4S. The predicted molar refractivity (Wildman–Crippen MR) is 127 cm³/mol. The molecule has 0 bridgehead atoms. The van der Waals surface area contributed by atoms with Gasteiger partial charge in [0.15, 0.2) is 0 Å². The van der Waals surface area contributed by atoms with Crippen molar-refractivity contribution < 1.29 is 18.0 Å². The number of carbonyl (C=O) groups excluding carboxylic acids is 2. The van der Waals surface area contributed by atoms with E-state index in [-0.39, 0.29) is 38.5 Å². The summed E-state index contributed by atoms with van der Waals surface area (Å²) in [6, 6.07) is 15.2. The Bertz CT molecular complexity index is 1080. The number of piperazine rings is 1. The summed E-state index contributed by atoms with van der Waals surface area (Å²) in [6.45, 7) is 0.966. The van der Waals surface area contributed by atoms with Gasteiger partial charge < -0.3 is 16.0 Å². The summed E-state index contributed by atoms with van der Waals surface area (Å²) in [5.74, 6) is -0.180. The maximum Gasteiger partial charge on any atom is 0.312 e. The first-order chi connectivity index (χ1) is 15.2. The number of urea groups is 1. The van der Waals surface area contributed by atoms with Crippen molar-refractivity contribution in [2.45, 2.75) is 12.5 Å². The van der Waals surface area contributed by atoms with Crippen LogP contribution in [0.4, 0.5) is 4.79 Å². The molecule has 3 amide bonds. The summed E-state index contributed by atoms with van der Waals surface area (Å²) in [6.07, 6.45) is 1.59. The van der Waals surface area contributed by atoms with Crippen LogP contribution in [0, 0.1) is 0 Å². The largest absolute Gasteiger partial charge is 0.352 e. The van der Waals surface area contributed by atoms with Crippen LogP contribution in [-0.2, 0) is 14.8 Å². The standard InChI is InChI=1S/C22H25BrN4O4S/c23-19-8-4-7-18(15-19)20(25-22(24)29)16-21(28)26-10-12-27(13-11-26)32(30,31)14-9-17-5-2-1-3-6-17/h1-9,14-15,20H,10-13,16H2,(H3,24,25,29)/b14-9+. The van der Waals surface area contributed by atoms with Crippen molar-refractivity contribution in [2.24, 2.45) is 5.73 Å². The minimum Gasteiger partial charge on any atom is -0.352 e. The molecule has 32 heavy (non-hydrogen) atoms. The third-order valence-corrected chi connectivity index (χ3v) is 7.19. The number of primary amides is 1. The van der Waals surface area contributed by atoms with E-state index in [0.717, 1.165) is 15.6 Å². The first kappa shape index (κ1) is 24.0. The summed E-state index contributed by atoms with van der Waals surface area (Å²) in [5.41, 5.74) is 6.84. The van der Waals surface area contributed by atoms with Crippen LogP contribution in [0.3, 0.4) is 0 Å². The average molecular weight is 521 g/mol. The second kappa shape index (κ2) is 10.8. The third kappa shape index (κ3) is 6.65. The number of halogens is 1. The lowest BCUT2D eigenvalue weighted by molar-refractivity contribution is -0.132. The summed E-state index contributed by atoms with van der Waals surface area (Å²) in [7, 11) is -3.58. The minimum absolute atomic E-state index is 0.0278. The topological polar surface area (TPSA) is 113 Å². The zero-order valence-electron chi connectivity index (χ0n) is 17.4. The van der Waals surface area contributed by atoms with Gasteiger partial charge in [0.25, 0.3) is 0 Å². The van der Waals surface area contributed by atoms with E-state index in [9.17, 15) is 18.0 Å². The molecule has 0 radical (unpaired) electrons. The fourth-order valence-corrected chi connectivity index (χ4v) is 5.05. The van der Waals surface area contributed by atoms with Gasteiger partial charge in [-0.2, -0.15) is 4.31 Å². The molecule has 0 aromatic heterocycles. The van der Waals surface area contributed by atoms with Gasteiger partial charge in [0.2, 0.25) is 15.9 Å². The molecule has 2 aromatic carbocycles. The highest BCUT2D eigenvalue weighted by molar-refractivity contribution is 9.10. The number of benzene rings is 2. The third-order valence-electron chi connectivity index (χ3n) is 5.13. The van der Waals surface area contributed by atoms with E-state index in [1.807, 2.05) is 54.6 Å². The highest BCUT2D eigenvalue weighted by atomic mass is 79.9. The van der Waals surface area contributed by atoms with E-state index in [1.165, 1.54) is 9.71 Å². The predicted octanol–water partition coefficient (Wildman–Crippen LogP) is 2.69. The van der Waals surface area contributed by atoms with Crippen LogP contribution in [-0.4, -0.2) is 55.7 Å². The molecule has 1 heterocycles. The van der Waals surface area contributed by atoms with E-state index < -0.39 is 22.1 Å². The van der Waals surface area contributed by atoms with Gasteiger partial charge in [0.1, 0.15) is 0 Å². The lowest BCUT2D eigenvalue weighted by Gasteiger charge is -2.34. The zero-order valence-corrected chi connectivity index (χ0v) is 19.8. The molecule has 1 atom stereocenters. The monoisotopic (exact) mass is 520 g/mol. The molecule has 1 aliphatic heterocycles. The number of amides is 3. The van der Waals surface area contributed by atoms with Gasteiger partial charge in [-0.1, -0.05) is 58.4 Å². The number of nitrogens with two attached hydrogens (primary N) is 1. The molecule has 0 spiro atoms. The minimum atomic E-state index is -3.58. The Morgan fingerprint density at radius 3 is 2.38 bits per heavy atom. The lowest BCUT2D eigenvalue weighted by Crippen LogP contribution is -2.50. The van der Waals surface area contributed by atoms with Crippen molar-refractivity contribution >= 4 is 44.0 Å². The van der Waals surface area contributed by atoms with Crippen LogP contribution < -0.4 is 11.1 Å². The van der Waals surface area contributed by atoms with Crippen LogP contribution in [0.15, 0.2) is 64.5 Å². The molecule has 170 valence electrons. The van der Waals surface area contributed by atoms with Gasteiger partial charge in [-0.25, -0.2) is 13.2 Å². The van der Waals surface area contributed by atoms with Crippen LogP contribution in [0.25, 0.3) is 6.08 Å². The second-order valence-electron chi connectivity index (χ2n) is 7.36. The van der Waals surface area contributed by atoms with E-state index in [2.05, 4.69) is 21.2 Å². The van der Waals surface area contributed by atoms with Crippen molar-refractivity contribution in [3.05, 3.63) is 75.6 Å². The molecule has 1 unspecified atom stereocenters. The average Bonchev–Trinajstić information content (AvgIpc) is 2.78. The number of hydrogen-bond donors (Lipinski definition) is 2. The molecule has 3 N–H and O–H groups in total. The summed E-state index contributed by atoms with van der Waals surface area (Å²) < 4.78 is 27.4. The molecule has 2 aromatic rings. The Balaban J connectivity index is 1.60. The van der Waals surface area contributed by atoms with E-state index in [4.69, 9.17) is 5.73 Å². The second-order valence-corrected chi connectivity index (χ2v) is 10.1. The Morgan fingerprint density at radius 2 is 1.75 bits per heavy atom. The lowest BCUT2D eigenvalue weighted by atomic mass is 10.0. The first-order valence-electron chi connectivity index (χ1n) is 10.1. The van der Waals surface area contributed by atoms with Gasteiger partial charge in [-0.3, -0.25) is 4.79 Å². The van der Waals surface area contributed by atoms with Gasteiger partial charge >= 0.3 is 6.03 Å². The van der Waals surface area contributed by atoms with Crippen LogP contribution >= 0.6 is 15.9 Å². The quantitative estimate of drug-likeness (QED) is 0.584. The Kier molecular flexibility index (Phi) is 8.05. The number of sulfonamides is 1. The molecule has 8 nitrogen and oxygen atoms in total. The van der Waals surface area contributed by atoms with Crippen LogP contribution in [0.5, 0.6) is 0 Å². The van der Waals surface area contributed by atoms with E-state index in [0.29, 0.717) is 0 Å². The molecular weight excluding hydrogens is 496 g/mol. The summed E-state index contributed by atoms with van der Waals surface area (Å²) in [5, 5.41) is 3.81. The first-order valence-corrected chi connectivity index (χ1v) is 12.4. The SMILES string of the molecule is NC(=O)NC(CC(=O)N1CCN(S(=O)(=O)/C=C/c2ccccc2)CC1)c1cccc(Br)c1. The van der Waals surface area contributed by atoms with Crippen molar-refractivity contribution in [3.63, 3.8) is 0 Å². The summed E-state index contributed by atoms with van der Waals surface area (Å²) >= 11 is 3.38. The number of nitrogens with one attached hydrogen (secondary N) is 1. The van der Waals surface area contributed by atoms with Crippen molar-refractivity contribution in [1.82, 2.24) is 14.5 Å². The maximum atomic E-state index is 12.9. The molecule has 1 aliphatic rings.